The summed E-state index contributed by atoms with van der Waals surface area (Å²) >= 11 is 0. The largest absolute Gasteiger partial charge is 0.478 e. The van der Waals surface area contributed by atoms with E-state index in [-0.39, 0.29) is 35.7 Å². The number of aryl methyl sites for hydroxylation is 1. The van der Waals surface area contributed by atoms with Gasteiger partial charge in [-0.05, 0) is 49.9 Å². The van der Waals surface area contributed by atoms with Crippen LogP contribution in [0.15, 0.2) is 47.4 Å². The molecular formula is C24H29N3O5S. The summed E-state index contributed by atoms with van der Waals surface area (Å²) in [6.07, 6.45) is 0.874. The quantitative estimate of drug-likeness (QED) is 0.674. The lowest BCUT2D eigenvalue weighted by atomic mass is 9.97. The van der Waals surface area contributed by atoms with E-state index in [0.717, 1.165) is 11.1 Å². The van der Waals surface area contributed by atoms with Crippen LogP contribution in [0.3, 0.4) is 0 Å². The van der Waals surface area contributed by atoms with Gasteiger partial charge in [0.1, 0.15) is 5.75 Å². The van der Waals surface area contributed by atoms with Crippen LogP contribution in [0.25, 0.3) is 0 Å². The van der Waals surface area contributed by atoms with Gasteiger partial charge in [-0.3, -0.25) is 9.59 Å². The van der Waals surface area contributed by atoms with Crippen LogP contribution < -0.4 is 15.4 Å². The highest BCUT2D eigenvalue weighted by atomic mass is 32.2. The van der Waals surface area contributed by atoms with E-state index in [2.05, 4.69) is 10.6 Å². The molecule has 0 bridgehead atoms. The number of carbonyl (C=O) groups is 2. The highest BCUT2D eigenvalue weighted by Crippen LogP contribution is 2.34. The summed E-state index contributed by atoms with van der Waals surface area (Å²) in [4.78, 5) is 24.7. The molecule has 0 aliphatic carbocycles. The van der Waals surface area contributed by atoms with Crippen LogP contribution in [0.4, 0.5) is 5.69 Å². The molecule has 176 valence electrons. The molecule has 2 aromatic rings. The molecule has 8 nitrogen and oxygen atoms in total. The Morgan fingerprint density at radius 2 is 1.85 bits per heavy atom. The zero-order valence-electron chi connectivity index (χ0n) is 18.8. The summed E-state index contributed by atoms with van der Waals surface area (Å²) in [6, 6.07) is 12.5. The third-order valence-electron chi connectivity index (χ3n) is 6.19. The molecule has 1 fully saturated rings. The van der Waals surface area contributed by atoms with Crippen LogP contribution in [0.1, 0.15) is 37.3 Å². The molecular weight excluding hydrogens is 442 g/mol. The Kier molecular flexibility index (Phi) is 6.71. The van der Waals surface area contributed by atoms with Gasteiger partial charge in [0.2, 0.25) is 15.9 Å². The first-order chi connectivity index (χ1) is 15.8. The number of rotatable bonds is 6. The number of hydrogen-bond acceptors (Lipinski definition) is 5. The topological polar surface area (TPSA) is 105 Å². The van der Waals surface area contributed by atoms with Gasteiger partial charge in [-0.25, -0.2) is 8.42 Å². The van der Waals surface area contributed by atoms with Gasteiger partial charge < -0.3 is 15.4 Å². The highest BCUT2D eigenvalue weighted by molar-refractivity contribution is 7.89. The Bertz CT molecular complexity index is 1140. The number of hydrogen-bond donors (Lipinski definition) is 2. The number of anilines is 1. The fourth-order valence-electron chi connectivity index (χ4n) is 4.11. The number of nitrogens with one attached hydrogen (secondary N) is 2. The molecule has 1 saturated heterocycles. The van der Waals surface area contributed by atoms with Crippen molar-refractivity contribution in [1.82, 2.24) is 9.62 Å². The lowest BCUT2D eigenvalue weighted by molar-refractivity contribution is -0.126. The number of carbonyl (C=O) groups excluding carboxylic acids is 2. The molecule has 2 N–H and O–H groups in total. The average molecular weight is 472 g/mol. The van der Waals surface area contributed by atoms with Gasteiger partial charge in [-0.2, -0.15) is 4.31 Å². The van der Waals surface area contributed by atoms with Crippen LogP contribution in [-0.4, -0.2) is 43.7 Å². The van der Waals surface area contributed by atoms with Crippen LogP contribution in [0.2, 0.25) is 0 Å². The zero-order chi connectivity index (χ0) is 23.6. The Hall–Kier alpha value is -2.91. The summed E-state index contributed by atoms with van der Waals surface area (Å²) in [7, 11) is -3.75. The summed E-state index contributed by atoms with van der Waals surface area (Å²) in [6.45, 7) is 4.85. The van der Waals surface area contributed by atoms with Gasteiger partial charge in [-0.1, -0.05) is 36.8 Å². The van der Waals surface area contributed by atoms with E-state index in [4.69, 9.17) is 4.74 Å². The highest BCUT2D eigenvalue weighted by Gasteiger charge is 2.33. The first kappa shape index (κ1) is 23.3. The molecule has 0 saturated carbocycles. The fourth-order valence-corrected chi connectivity index (χ4v) is 5.60. The van der Waals surface area contributed by atoms with Gasteiger partial charge >= 0.3 is 0 Å². The molecule has 1 atom stereocenters. The number of nitrogens with zero attached hydrogens (tertiary/aromatic N) is 1. The Balaban J connectivity index is 1.36. The van der Waals surface area contributed by atoms with Crippen LogP contribution >= 0.6 is 0 Å². The van der Waals surface area contributed by atoms with Gasteiger partial charge in [0.05, 0.1) is 10.6 Å². The second-order valence-corrected chi connectivity index (χ2v) is 10.5. The molecule has 2 heterocycles. The molecule has 33 heavy (non-hydrogen) atoms. The van der Waals surface area contributed by atoms with Crippen molar-refractivity contribution in [3.63, 3.8) is 0 Å². The van der Waals surface area contributed by atoms with Crippen molar-refractivity contribution < 1.29 is 22.7 Å². The Morgan fingerprint density at radius 3 is 2.52 bits per heavy atom. The summed E-state index contributed by atoms with van der Waals surface area (Å²) in [5, 5.41) is 5.69. The maximum atomic E-state index is 13.2. The van der Waals surface area contributed by atoms with E-state index in [9.17, 15) is 18.0 Å². The Labute approximate surface area is 194 Å². The minimum absolute atomic E-state index is 0.0493. The summed E-state index contributed by atoms with van der Waals surface area (Å²) < 4.78 is 33.4. The van der Waals surface area contributed by atoms with Crippen LogP contribution in [0.5, 0.6) is 5.75 Å². The maximum absolute atomic E-state index is 13.2. The average Bonchev–Trinajstić information content (AvgIpc) is 2.82. The predicted molar refractivity (Wildman–Crippen MR) is 124 cm³/mol. The second-order valence-electron chi connectivity index (χ2n) is 8.54. The first-order valence-corrected chi connectivity index (χ1v) is 12.7. The molecule has 1 unspecified atom stereocenters. The van der Waals surface area contributed by atoms with E-state index in [1.54, 1.807) is 6.07 Å². The minimum atomic E-state index is -3.75. The third-order valence-corrected chi connectivity index (χ3v) is 8.09. The number of piperidine rings is 1. The van der Waals surface area contributed by atoms with E-state index in [1.807, 2.05) is 38.1 Å². The number of ether oxygens (including phenoxy) is 1. The van der Waals surface area contributed by atoms with Gasteiger partial charge in [0.25, 0.3) is 5.91 Å². The normalized spacial score (nSPS) is 19.3. The number of benzene rings is 2. The van der Waals surface area contributed by atoms with Crippen molar-refractivity contribution in [3.8, 4) is 5.75 Å². The molecule has 0 radical (unpaired) electrons. The molecule has 0 aromatic heterocycles. The molecule has 2 aromatic carbocycles. The lowest BCUT2D eigenvalue weighted by Gasteiger charge is -2.31. The minimum Gasteiger partial charge on any atom is -0.478 e. The van der Waals surface area contributed by atoms with E-state index >= 15 is 0 Å². The zero-order valence-corrected chi connectivity index (χ0v) is 19.7. The Morgan fingerprint density at radius 1 is 1.15 bits per heavy atom. The number of amides is 2. The second kappa shape index (κ2) is 9.52. The molecule has 9 heteroatoms. The SMILES string of the molecule is CCC1Oc2ccc(S(=O)(=O)N3CCC(C(=O)NCc4ccc(C)cc4)CC3)cc2NC1=O. The van der Waals surface area contributed by atoms with Crippen molar-refractivity contribution >= 4 is 27.5 Å². The fraction of sp³-hybridized carbons (Fsp3) is 0.417. The van der Waals surface area contributed by atoms with Gasteiger partial charge in [-0.15, -0.1) is 0 Å². The standard InChI is InChI=1S/C24H29N3O5S/c1-3-21-24(29)26-20-14-19(8-9-22(20)32-21)33(30,31)27-12-10-18(11-13-27)23(28)25-15-17-6-4-16(2)5-7-17/h4-9,14,18,21H,3,10-13,15H2,1-2H3,(H,25,28)(H,26,29). The smallest absolute Gasteiger partial charge is 0.265 e. The first-order valence-electron chi connectivity index (χ1n) is 11.2. The van der Waals surface area contributed by atoms with Crippen molar-refractivity contribution in [1.29, 1.82) is 0 Å². The van der Waals surface area contributed by atoms with Crippen molar-refractivity contribution in [2.75, 3.05) is 18.4 Å². The molecule has 2 amide bonds. The van der Waals surface area contributed by atoms with Crippen molar-refractivity contribution in [3.05, 3.63) is 53.6 Å². The third kappa shape index (κ3) is 5.04. The molecule has 0 spiro atoms. The predicted octanol–water partition coefficient (Wildman–Crippen LogP) is 2.82. The lowest BCUT2D eigenvalue weighted by Crippen LogP contribution is -2.43. The molecule has 4 rings (SSSR count). The molecule has 2 aliphatic heterocycles. The molecule has 2 aliphatic rings. The van der Waals surface area contributed by atoms with Crippen molar-refractivity contribution in [2.24, 2.45) is 5.92 Å². The summed E-state index contributed by atoms with van der Waals surface area (Å²) in [5.74, 6) is -0.0859. The maximum Gasteiger partial charge on any atom is 0.265 e. The van der Waals surface area contributed by atoms with Gasteiger partial charge in [0, 0.05) is 25.6 Å². The van der Waals surface area contributed by atoms with Gasteiger partial charge in [0.15, 0.2) is 6.10 Å². The number of fused-ring (bicyclic) bond motifs is 1. The number of sulfonamides is 1. The monoisotopic (exact) mass is 471 g/mol. The van der Waals surface area contributed by atoms with E-state index in [0.29, 0.717) is 37.2 Å². The van der Waals surface area contributed by atoms with Crippen LogP contribution in [0, 0.1) is 12.8 Å². The van der Waals surface area contributed by atoms with E-state index in [1.165, 1.54) is 16.4 Å². The van der Waals surface area contributed by atoms with Crippen LogP contribution in [-0.2, 0) is 26.2 Å². The van der Waals surface area contributed by atoms with E-state index < -0.39 is 16.1 Å². The summed E-state index contributed by atoms with van der Waals surface area (Å²) in [5.41, 5.74) is 2.55. The van der Waals surface area contributed by atoms with Crippen molar-refractivity contribution in [2.45, 2.75) is 50.7 Å².